The Kier molecular flexibility index (Phi) is 4.71. The van der Waals surface area contributed by atoms with Gasteiger partial charge in [-0.25, -0.2) is 0 Å². The fourth-order valence-corrected chi connectivity index (χ4v) is 2.91. The summed E-state index contributed by atoms with van der Waals surface area (Å²) in [7, 11) is 0. The molecule has 1 aliphatic rings. The summed E-state index contributed by atoms with van der Waals surface area (Å²) in [6.07, 6.45) is 3.54. The number of carbonyl (C=O) groups excluding carboxylic acids is 2. The van der Waals surface area contributed by atoms with E-state index < -0.39 is 0 Å². The normalized spacial score (nSPS) is 13.9. The lowest BCUT2D eigenvalue weighted by molar-refractivity contribution is 0.0787. The van der Waals surface area contributed by atoms with Gasteiger partial charge in [-0.2, -0.15) is 0 Å². The van der Waals surface area contributed by atoms with E-state index in [1.54, 1.807) is 23.1 Å². The zero-order valence-electron chi connectivity index (χ0n) is 12.5. The van der Waals surface area contributed by atoms with Gasteiger partial charge in [-0.15, -0.1) is 0 Å². The average Bonchev–Trinajstić information content (AvgIpc) is 3.11. The van der Waals surface area contributed by atoms with Gasteiger partial charge in [-0.1, -0.05) is 12.1 Å². The van der Waals surface area contributed by atoms with E-state index in [1.807, 2.05) is 18.2 Å². The van der Waals surface area contributed by atoms with Crippen molar-refractivity contribution < 1.29 is 9.59 Å². The first-order chi connectivity index (χ1) is 11.1. The van der Waals surface area contributed by atoms with E-state index in [0.717, 1.165) is 30.4 Å². The van der Waals surface area contributed by atoms with E-state index >= 15 is 0 Å². The molecule has 0 unspecified atom stereocenters. The number of aromatic nitrogens is 1. The molecule has 1 saturated heterocycles. The van der Waals surface area contributed by atoms with E-state index in [4.69, 9.17) is 0 Å². The Balaban J connectivity index is 1.77. The molecule has 118 valence electrons. The second-order valence-corrected chi connectivity index (χ2v) is 6.22. The highest BCUT2D eigenvalue weighted by atomic mass is 79.9. The molecule has 1 aromatic carbocycles. The van der Waals surface area contributed by atoms with Crippen LogP contribution in [0.15, 0.2) is 47.1 Å². The lowest BCUT2D eigenvalue weighted by atomic mass is 10.2. The third kappa shape index (κ3) is 3.59. The van der Waals surface area contributed by atoms with Gasteiger partial charge in [0.25, 0.3) is 11.8 Å². The molecule has 1 N–H and O–H groups in total. The van der Waals surface area contributed by atoms with Crippen LogP contribution in [0.3, 0.4) is 0 Å². The van der Waals surface area contributed by atoms with Crippen LogP contribution in [0.25, 0.3) is 0 Å². The molecule has 1 aliphatic heterocycles. The average molecular weight is 374 g/mol. The molecular formula is C17H16BrN3O2. The molecule has 0 saturated carbocycles. The number of amides is 2. The third-order valence-electron chi connectivity index (χ3n) is 3.76. The molecular weight excluding hydrogens is 358 g/mol. The zero-order valence-corrected chi connectivity index (χ0v) is 14.0. The van der Waals surface area contributed by atoms with E-state index in [0.29, 0.717) is 16.9 Å². The molecule has 3 rings (SSSR count). The Labute approximate surface area is 142 Å². The molecule has 6 heteroatoms. The monoisotopic (exact) mass is 373 g/mol. The Hall–Kier alpha value is -2.21. The molecule has 0 atom stereocenters. The van der Waals surface area contributed by atoms with Crippen molar-refractivity contribution in [2.75, 3.05) is 18.4 Å². The summed E-state index contributed by atoms with van der Waals surface area (Å²) in [6, 6.07) is 10.5. The largest absolute Gasteiger partial charge is 0.337 e. The first-order valence-corrected chi connectivity index (χ1v) is 8.25. The van der Waals surface area contributed by atoms with Gasteiger partial charge < -0.3 is 10.2 Å². The summed E-state index contributed by atoms with van der Waals surface area (Å²) >= 11 is 3.39. The Morgan fingerprint density at radius 3 is 2.61 bits per heavy atom. The molecule has 0 radical (unpaired) electrons. The van der Waals surface area contributed by atoms with Crippen molar-refractivity contribution in [3.05, 3.63) is 58.3 Å². The zero-order chi connectivity index (χ0) is 16.2. The molecule has 1 fully saturated rings. The highest BCUT2D eigenvalue weighted by molar-refractivity contribution is 9.10. The lowest BCUT2D eigenvalue weighted by Gasteiger charge is -2.14. The Bertz CT molecular complexity index is 742. The fourth-order valence-electron chi connectivity index (χ4n) is 2.53. The maximum absolute atomic E-state index is 12.4. The lowest BCUT2D eigenvalue weighted by Crippen LogP contribution is -2.28. The van der Waals surface area contributed by atoms with Crippen LogP contribution < -0.4 is 5.32 Å². The van der Waals surface area contributed by atoms with Crippen LogP contribution in [-0.4, -0.2) is 34.8 Å². The van der Waals surface area contributed by atoms with Crippen LogP contribution >= 0.6 is 15.9 Å². The van der Waals surface area contributed by atoms with Crippen molar-refractivity contribution in [1.29, 1.82) is 0 Å². The summed E-state index contributed by atoms with van der Waals surface area (Å²) in [5.74, 6) is -0.382. The summed E-state index contributed by atoms with van der Waals surface area (Å²) in [6.45, 7) is 1.52. The molecule has 2 heterocycles. The van der Waals surface area contributed by atoms with E-state index in [1.165, 1.54) is 6.20 Å². The SMILES string of the molecule is O=C(Nc1ccccc1Br)c1ccnc(C(=O)N2CCCC2)c1. The first kappa shape index (κ1) is 15.7. The predicted octanol–water partition coefficient (Wildman–Crippen LogP) is 3.33. The van der Waals surface area contributed by atoms with Crippen molar-refractivity contribution >= 4 is 33.4 Å². The number of hydrogen-bond donors (Lipinski definition) is 1. The number of benzene rings is 1. The van der Waals surface area contributed by atoms with E-state index in [-0.39, 0.29) is 11.8 Å². The number of para-hydroxylation sites is 1. The van der Waals surface area contributed by atoms with Crippen molar-refractivity contribution in [1.82, 2.24) is 9.88 Å². The number of nitrogens with zero attached hydrogens (tertiary/aromatic N) is 2. The quantitative estimate of drug-likeness (QED) is 0.897. The maximum atomic E-state index is 12.4. The highest BCUT2D eigenvalue weighted by Crippen LogP contribution is 2.22. The van der Waals surface area contributed by atoms with Gasteiger partial charge in [0.1, 0.15) is 5.69 Å². The van der Waals surface area contributed by atoms with E-state index in [2.05, 4.69) is 26.2 Å². The number of anilines is 1. The van der Waals surface area contributed by atoms with Gasteiger partial charge >= 0.3 is 0 Å². The molecule has 5 nitrogen and oxygen atoms in total. The number of pyridine rings is 1. The van der Waals surface area contributed by atoms with Crippen molar-refractivity contribution in [2.45, 2.75) is 12.8 Å². The first-order valence-electron chi connectivity index (χ1n) is 7.46. The van der Waals surface area contributed by atoms with Crippen LogP contribution in [0.1, 0.15) is 33.7 Å². The minimum atomic E-state index is -0.269. The summed E-state index contributed by atoms with van der Waals surface area (Å²) in [5, 5.41) is 2.82. The van der Waals surface area contributed by atoms with Gasteiger partial charge in [0.15, 0.2) is 0 Å². The fraction of sp³-hybridized carbons (Fsp3) is 0.235. The Morgan fingerprint density at radius 2 is 1.87 bits per heavy atom. The number of nitrogens with one attached hydrogen (secondary N) is 1. The minimum absolute atomic E-state index is 0.113. The minimum Gasteiger partial charge on any atom is -0.337 e. The maximum Gasteiger partial charge on any atom is 0.272 e. The number of rotatable bonds is 3. The van der Waals surface area contributed by atoms with Crippen molar-refractivity contribution in [2.24, 2.45) is 0 Å². The third-order valence-corrected chi connectivity index (χ3v) is 4.45. The number of hydrogen-bond acceptors (Lipinski definition) is 3. The summed E-state index contributed by atoms with van der Waals surface area (Å²) in [5.41, 5.74) is 1.41. The second-order valence-electron chi connectivity index (χ2n) is 5.36. The van der Waals surface area contributed by atoms with Gasteiger partial charge in [0, 0.05) is 29.3 Å². The van der Waals surface area contributed by atoms with Gasteiger partial charge in [0.05, 0.1) is 5.69 Å². The molecule has 23 heavy (non-hydrogen) atoms. The van der Waals surface area contributed by atoms with Gasteiger partial charge in [-0.3, -0.25) is 14.6 Å². The topological polar surface area (TPSA) is 62.3 Å². The van der Waals surface area contributed by atoms with Crippen LogP contribution in [0.5, 0.6) is 0 Å². The Morgan fingerprint density at radius 1 is 1.13 bits per heavy atom. The predicted molar refractivity (Wildman–Crippen MR) is 91.5 cm³/mol. The summed E-state index contributed by atoms with van der Waals surface area (Å²) in [4.78, 5) is 30.6. The number of halogens is 1. The van der Waals surface area contributed by atoms with Crippen LogP contribution in [0.2, 0.25) is 0 Å². The van der Waals surface area contributed by atoms with Gasteiger partial charge in [0.2, 0.25) is 0 Å². The van der Waals surface area contributed by atoms with Crippen LogP contribution in [0, 0.1) is 0 Å². The highest BCUT2D eigenvalue weighted by Gasteiger charge is 2.21. The van der Waals surface area contributed by atoms with Gasteiger partial charge in [-0.05, 0) is 53.0 Å². The number of likely N-dealkylation sites (tertiary alicyclic amines) is 1. The number of carbonyl (C=O) groups is 2. The van der Waals surface area contributed by atoms with Crippen molar-refractivity contribution in [3.8, 4) is 0 Å². The molecule has 2 aromatic rings. The second kappa shape index (κ2) is 6.91. The molecule has 2 amide bonds. The standard InChI is InChI=1S/C17H16BrN3O2/c18-13-5-1-2-6-14(13)20-16(22)12-7-8-19-15(11-12)17(23)21-9-3-4-10-21/h1-2,5-8,11H,3-4,9-10H2,(H,20,22). The van der Waals surface area contributed by atoms with Crippen molar-refractivity contribution in [3.63, 3.8) is 0 Å². The summed E-state index contributed by atoms with van der Waals surface area (Å²) < 4.78 is 0.802. The molecule has 1 aromatic heterocycles. The smallest absolute Gasteiger partial charge is 0.272 e. The van der Waals surface area contributed by atoms with E-state index in [9.17, 15) is 9.59 Å². The van der Waals surface area contributed by atoms with Crippen LogP contribution in [-0.2, 0) is 0 Å². The molecule has 0 spiro atoms. The van der Waals surface area contributed by atoms with Crippen LogP contribution in [0.4, 0.5) is 5.69 Å². The molecule has 0 aliphatic carbocycles. The molecule has 0 bridgehead atoms.